The highest BCUT2D eigenvalue weighted by molar-refractivity contribution is 7.22. The number of aromatic nitrogens is 3. The number of benzene rings is 1. The van der Waals surface area contributed by atoms with E-state index in [9.17, 15) is 5.11 Å². The number of nitrogens with zero attached hydrogens (tertiary/aromatic N) is 4. The van der Waals surface area contributed by atoms with Crippen LogP contribution in [0.5, 0.6) is 0 Å². The molecule has 0 unspecified atom stereocenters. The van der Waals surface area contributed by atoms with Gasteiger partial charge in [-0.1, -0.05) is 18.2 Å². The van der Waals surface area contributed by atoms with E-state index in [1.807, 2.05) is 22.8 Å². The van der Waals surface area contributed by atoms with Gasteiger partial charge in [-0.25, -0.2) is 9.50 Å². The molecule has 6 rings (SSSR count). The molecule has 168 valence electrons. The highest BCUT2D eigenvalue weighted by Crippen LogP contribution is 2.34. The summed E-state index contributed by atoms with van der Waals surface area (Å²) in [6, 6.07) is 15.2. The number of nitrogens with one attached hydrogen (secondary N) is 1. The van der Waals surface area contributed by atoms with Gasteiger partial charge in [-0.3, -0.25) is 0 Å². The number of aliphatic hydroxyl groups excluding tert-OH is 2. The fraction of sp³-hybridized carbons (Fsp3) is 0.417. The van der Waals surface area contributed by atoms with Gasteiger partial charge in [0.2, 0.25) is 0 Å². The highest BCUT2D eigenvalue weighted by Gasteiger charge is 2.25. The zero-order chi connectivity index (χ0) is 21.9. The third-order valence-electron chi connectivity index (χ3n) is 6.29. The van der Waals surface area contributed by atoms with Crippen LogP contribution < -0.4 is 10.2 Å². The van der Waals surface area contributed by atoms with Crippen molar-refractivity contribution in [3.8, 4) is 10.6 Å². The predicted molar refractivity (Wildman–Crippen MR) is 129 cm³/mol. The summed E-state index contributed by atoms with van der Waals surface area (Å²) in [4.78, 5) is 7.88. The summed E-state index contributed by atoms with van der Waals surface area (Å²) in [6.45, 7) is 2.51. The normalized spacial score (nSPS) is 20.8. The Hall–Kier alpha value is -2.52. The molecule has 0 aliphatic carbocycles. The van der Waals surface area contributed by atoms with Crippen LogP contribution in [0.15, 0.2) is 48.7 Å². The van der Waals surface area contributed by atoms with Gasteiger partial charge in [0, 0.05) is 17.3 Å². The van der Waals surface area contributed by atoms with Crippen LogP contribution in [0.25, 0.3) is 26.3 Å². The van der Waals surface area contributed by atoms with Gasteiger partial charge >= 0.3 is 0 Å². The van der Waals surface area contributed by atoms with E-state index in [0.29, 0.717) is 12.6 Å². The predicted octanol–water partition coefficient (Wildman–Crippen LogP) is 3.30. The monoisotopic (exact) mass is 451 g/mol. The quantitative estimate of drug-likeness (QED) is 0.441. The topological polar surface area (TPSA) is 85.9 Å². The average Bonchev–Trinajstić information content (AvgIpc) is 3.63. The molecule has 0 bridgehead atoms. The fourth-order valence-corrected chi connectivity index (χ4v) is 5.59. The molecule has 32 heavy (non-hydrogen) atoms. The van der Waals surface area contributed by atoms with Crippen molar-refractivity contribution >= 4 is 32.9 Å². The molecule has 3 N–H and O–H groups in total. The second kappa shape index (κ2) is 9.54. The van der Waals surface area contributed by atoms with Crippen molar-refractivity contribution in [1.29, 1.82) is 0 Å². The van der Waals surface area contributed by atoms with Crippen LogP contribution in [0.4, 0.5) is 5.82 Å². The third-order valence-corrected chi connectivity index (χ3v) is 7.43. The van der Waals surface area contributed by atoms with E-state index in [-0.39, 0.29) is 12.6 Å². The minimum Gasteiger partial charge on any atom is -0.395 e. The Bertz CT molecular complexity index is 1150. The van der Waals surface area contributed by atoms with E-state index >= 15 is 0 Å². The van der Waals surface area contributed by atoms with Crippen LogP contribution in [0.2, 0.25) is 0 Å². The van der Waals surface area contributed by atoms with Crippen LogP contribution >= 0.6 is 11.3 Å². The first-order valence-corrected chi connectivity index (χ1v) is 12.1. The average molecular weight is 452 g/mol. The first-order valence-electron chi connectivity index (χ1n) is 11.3. The van der Waals surface area contributed by atoms with Crippen molar-refractivity contribution in [3.63, 3.8) is 0 Å². The lowest BCUT2D eigenvalue weighted by atomic mass is 10.2. The number of rotatable bonds is 4. The second-order valence-corrected chi connectivity index (χ2v) is 9.49. The summed E-state index contributed by atoms with van der Waals surface area (Å²) in [5, 5.41) is 27.3. The number of aliphatic hydroxyl groups is 2. The molecular weight excluding hydrogens is 422 g/mol. The Morgan fingerprint density at radius 1 is 1.06 bits per heavy atom. The maximum atomic E-state index is 9.60. The summed E-state index contributed by atoms with van der Waals surface area (Å²) in [7, 11) is 0. The molecule has 8 heteroatoms. The van der Waals surface area contributed by atoms with Gasteiger partial charge in [-0.05, 0) is 61.9 Å². The van der Waals surface area contributed by atoms with E-state index in [1.54, 1.807) is 11.3 Å². The zero-order valence-electron chi connectivity index (χ0n) is 18.0. The number of thiophene rings is 1. The number of imidazole rings is 1. The first kappa shape index (κ1) is 21.3. The van der Waals surface area contributed by atoms with E-state index < -0.39 is 0 Å². The fourth-order valence-electron chi connectivity index (χ4n) is 4.53. The summed E-state index contributed by atoms with van der Waals surface area (Å²) in [5.74, 6) is 0.907. The van der Waals surface area contributed by atoms with Crippen LogP contribution in [0.1, 0.15) is 25.7 Å². The number of fused-ring (bicyclic) bond motifs is 2. The van der Waals surface area contributed by atoms with Gasteiger partial charge in [-0.15, -0.1) is 16.4 Å². The molecular formula is C24H29N5O2S. The van der Waals surface area contributed by atoms with E-state index in [1.165, 1.54) is 21.4 Å². The summed E-state index contributed by atoms with van der Waals surface area (Å²) < 4.78 is 3.19. The molecule has 0 amide bonds. The number of hydrogen-bond donors (Lipinski definition) is 3. The Labute approximate surface area is 191 Å². The van der Waals surface area contributed by atoms with Crippen molar-refractivity contribution in [2.45, 2.75) is 37.8 Å². The van der Waals surface area contributed by atoms with Crippen molar-refractivity contribution in [1.82, 2.24) is 19.9 Å². The van der Waals surface area contributed by atoms with Crippen LogP contribution in [0.3, 0.4) is 0 Å². The molecule has 5 heterocycles. The van der Waals surface area contributed by atoms with E-state index in [0.717, 1.165) is 49.5 Å². The molecule has 2 saturated heterocycles. The molecule has 2 atom stereocenters. The van der Waals surface area contributed by atoms with E-state index in [2.05, 4.69) is 45.5 Å². The molecule has 4 aromatic rings. The Morgan fingerprint density at radius 2 is 1.97 bits per heavy atom. The minimum atomic E-state index is 0.168. The SMILES string of the molecule is OC[C@H]1CCCN1.OC[C@H]1CCCN1c1ccc2ncc(-c3cc4ccccc4s3)n2n1. The smallest absolute Gasteiger partial charge is 0.154 e. The standard InChI is InChI=1S/C19H18N4OS.C5H11NO/c24-12-14-5-3-9-22(14)19-8-7-18-20-11-15(23(18)21-19)17-10-13-4-1-2-6-16(13)25-17;7-4-5-2-1-3-6-5/h1-2,4,6-8,10-11,14,24H,3,5,9,12H2;5-7H,1-4H2/t14-;5-/m11/s1. The molecule has 2 fully saturated rings. The van der Waals surface area contributed by atoms with Gasteiger partial charge in [0.25, 0.3) is 0 Å². The molecule has 0 saturated carbocycles. The largest absolute Gasteiger partial charge is 0.395 e. The summed E-state index contributed by atoms with van der Waals surface area (Å²) >= 11 is 1.76. The van der Waals surface area contributed by atoms with Gasteiger partial charge in [0.1, 0.15) is 11.5 Å². The molecule has 2 aliphatic rings. The number of hydrogen-bond acceptors (Lipinski definition) is 7. The lowest BCUT2D eigenvalue weighted by Crippen LogP contribution is -2.33. The second-order valence-electron chi connectivity index (χ2n) is 8.40. The Balaban J connectivity index is 0.000000265. The first-order chi connectivity index (χ1) is 15.8. The molecule has 2 aliphatic heterocycles. The number of anilines is 1. The van der Waals surface area contributed by atoms with Crippen LogP contribution in [-0.4, -0.2) is 63.2 Å². The Morgan fingerprint density at radius 3 is 2.72 bits per heavy atom. The summed E-state index contributed by atoms with van der Waals surface area (Å²) in [6.07, 6.45) is 6.38. The van der Waals surface area contributed by atoms with Crippen LogP contribution in [0, 0.1) is 0 Å². The summed E-state index contributed by atoms with van der Waals surface area (Å²) in [5.41, 5.74) is 1.86. The van der Waals surface area contributed by atoms with Gasteiger partial charge in [0.05, 0.1) is 30.3 Å². The van der Waals surface area contributed by atoms with Crippen molar-refractivity contribution in [2.24, 2.45) is 0 Å². The van der Waals surface area contributed by atoms with Crippen molar-refractivity contribution < 1.29 is 10.2 Å². The lowest BCUT2D eigenvalue weighted by molar-refractivity contribution is 0.255. The van der Waals surface area contributed by atoms with Crippen molar-refractivity contribution in [2.75, 3.05) is 31.2 Å². The maximum Gasteiger partial charge on any atom is 0.154 e. The lowest BCUT2D eigenvalue weighted by Gasteiger charge is -2.23. The minimum absolute atomic E-state index is 0.168. The third kappa shape index (κ3) is 4.23. The van der Waals surface area contributed by atoms with Gasteiger partial charge < -0.3 is 20.4 Å². The molecule has 1 aromatic carbocycles. The molecule has 0 spiro atoms. The maximum absolute atomic E-state index is 9.60. The molecule has 3 aromatic heterocycles. The molecule has 7 nitrogen and oxygen atoms in total. The molecule has 0 radical (unpaired) electrons. The van der Waals surface area contributed by atoms with Crippen molar-refractivity contribution in [3.05, 3.63) is 48.7 Å². The van der Waals surface area contributed by atoms with E-state index in [4.69, 9.17) is 10.2 Å². The van der Waals surface area contributed by atoms with Crippen LogP contribution in [-0.2, 0) is 0 Å². The highest BCUT2D eigenvalue weighted by atomic mass is 32.1. The van der Waals surface area contributed by atoms with Gasteiger partial charge in [0.15, 0.2) is 5.65 Å². The zero-order valence-corrected chi connectivity index (χ0v) is 18.8. The Kier molecular flexibility index (Phi) is 6.36. The van der Waals surface area contributed by atoms with Gasteiger partial charge in [-0.2, -0.15) is 0 Å².